The smallest absolute Gasteiger partial charge is 0.410 e. The topological polar surface area (TPSA) is 87.9 Å². The lowest BCUT2D eigenvalue weighted by atomic mass is 9.75. The van der Waals surface area contributed by atoms with Crippen LogP contribution in [0.1, 0.15) is 68.4 Å². The second kappa shape index (κ2) is 9.34. The van der Waals surface area contributed by atoms with E-state index in [1.165, 1.54) is 4.90 Å². The van der Waals surface area contributed by atoms with Crippen molar-refractivity contribution < 1.29 is 32.6 Å². The van der Waals surface area contributed by atoms with Crippen molar-refractivity contribution in [2.75, 3.05) is 18.0 Å². The summed E-state index contributed by atoms with van der Waals surface area (Å²) in [6.45, 7) is 4.04. The van der Waals surface area contributed by atoms with Gasteiger partial charge in [0, 0.05) is 31.7 Å². The minimum absolute atomic E-state index is 0.0534. The molecule has 2 aliphatic heterocycles. The first-order valence-electron chi connectivity index (χ1n) is 12.7. The van der Waals surface area contributed by atoms with Crippen molar-refractivity contribution in [2.24, 2.45) is 0 Å². The second-order valence-electron chi connectivity index (χ2n) is 10.4. The molecule has 0 radical (unpaired) electrons. The molecule has 1 aliphatic carbocycles. The van der Waals surface area contributed by atoms with Crippen molar-refractivity contribution in [3.8, 4) is 0 Å². The van der Waals surface area contributed by atoms with Gasteiger partial charge in [-0.05, 0) is 51.2 Å². The molecular formula is C26H31F3N4O4. The highest BCUT2D eigenvalue weighted by molar-refractivity contribution is 6.09. The maximum Gasteiger partial charge on any atom is 0.410 e. The number of anilines is 1. The fourth-order valence-electron chi connectivity index (χ4n) is 5.74. The summed E-state index contributed by atoms with van der Waals surface area (Å²) in [4.78, 5) is 34.0. The number of aliphatic hydroxyl groups is 1. The summed E-state index contributed by atoms with van der Waals surface area (Å²) in [5.41, 5.74) is 1.87. The molecule has 5 rings (SSSR count). The second-order valence-corrected chi connectivity index (χ2v) is 10.4. The molecule has 0 saturated carbocycles. The van der Waals surface area contributed by atoms with Gasteiger partial charge in [-0.2, -0.15) is 13.2 Å². The molecule has 0 bridgehead atoms. The van der Waals surface area contributed by atoms with Gasteiger partial charge in [0.25, 0.3) is 0 Å². The Hall–Kier alpha value is -3.08. The van der Waals surface area contributed by atoms with E-state index in [1.807, 2.05) is 24.3 Å². The zero-order valence-electron chi connectivity index (χ0n) is 20.9. The average Bonchev–Trinajstić information content (AvgIpc) is 3.25. The van der Waals surface area contributed by atoms with E-state index in [9.17, 15) is 27.9 Å². The number of aryl methyl sites for hydroxylation is 1. The number of imidazole rings is 1. The minimum Gasteiger partial charge on any atom is -0.447 e. The number of benzene rings is 1. The van der Waals surface area contributed by atoms with Crippen molar-refractivity contribution in [1.82, 2.24) is 14.5 Å². The number of likely N-dealkylation sites (tertiary alicyclic amines) is 1. The fraction of sp³-hybridized carbons (Fsp3) is 0.577. The summed E-state index contributed by atoms with van der Waals surface area (Å²) in [5, 5.41) is 10.6. The lowest BCUT2D eigenvalue weighted by Crippen LogP contribution is -2.65. The van der Waals surface area contributed by atoms with Gasteiger partial charge in [0.15, 0.2) is 0 Å². The summed E-state index contributed by atoms with van der Waals surface area (Å²) in [7, 11) is 0. The Kier molecular flexibility index (Phi) is 6.45. The van der Waals surface area contributed by atoms with Gasteiger partial charge in [0.2, 0.25) is 5.91 Å². The quantitative estimate of drug-likeness (QED) is 0.616. The van der Waals surface area contributed by atoms with E-state index in [1.54, 1.807) is 23.3 Å². The van der Waals surface area contributed by atoms with Gasteiger partial charge < -0.3 is 24.2 Å². The van der Waals surface area contributed by atoms with Crippen molar-refractivity contribution in [3.05, 3.63) is 47.0 Å². The van der Waals surface area contributed by atoms with E-state index in [0.29, 0.717) is 35.7 Å². The van der Waals surface area contributed by atoms with Crippen LogP contribution in [0.4, 0.5) is 23.7 Å². The number of aromatic nitrogens is 2. The first-order chi connectivity index (χ1) is 17.5. The molecule has 37 heavy (non-hydrogen) atoms. The summed E-state index contributed by atoms with van der Waals surface area (Å²) in [5.74, 6) is 0.286. The number of ether oxygens (including phenoxy) is 1. The van der Waals surface area contributed by atoms with Crippen LogP contribution in [0, 0.1) is 0 Å². The molecular weight excluding hydrogens is 489 g/mol. The van der Waals surface area contributed by atoms with Crippen LogP contribution in [0.25, 0.3) is 0 Å². The van der Waals surface area contributed by atoms with Gasteiger partial charge in [0.1, 0.15) is 11.2 Å². The Morgan fingerprint density at radius 1 is 1.27 bits per heavy atom. The Balaban J connectivity index is 1.43. The Morgan fingerprint density at radius 2 is 2.00 bits per heavy atom. The maximum absolute atomic E-state index is 13.8. The highest BCUT2D eigenvalue weighted by Gasteiger charge is 2.59. The summed E-state index contributed by atoms with van der Waals surface area (Å²) in [6.07, 6.45) is -5.00. The van der Waals surface area contributed by atoms with Crippen molar-refractivity contribution >= 4 is 17.7 Å². The number of rotatable bonds is 6. The van der Waals surface area contributed by atoms with Crippen LogP contribution in [0.3, 0.4) is 0 Å². The van der Waals surface area contributed by atoms with E-state index < -0.39 is 30.2 Å². The SMILES string of the molecule is CC(C)OC(=O)N1CC2(C1)C(=O)N(Cc1nc3c(n1CCCC(F)(F)F)[C@@H](O)CCC3)c1ccccc12. The number of hydrogen-bond acceptors (Lipinski definition) is 5. The monoisotopic (exact) mass is 520 g/mol. The molecule has 1 saturated heterocycles. The molecule has 200 valence electrons. The average molecular weight is 521 g/mol. The van der Waals surface area contributed by atoms with E-state index >= 15 is 0 Å². The third-order valence-electron chi connectivity index (χ3n) is 7.39. The number of halogens is 3. The van der Waals surface area contributed by atoms with Gasteiger partial charge in [-0.3, -0.25) is 4.79 Å². The highest BCUT2D eigenvalue weighted by atomic mass is 19.4. The highest BCUT2D eigenvalue weighted by Crippen LogP contribution is 2.48. The molecule has 1 atom stereocenters. The number of carbonyl (C=O) groups is 2. The molecule has 1 N–H and O–H groups in total. The summed E-state index contributed by atoms with van der Waals surface area (Å²) in [6, 6.07) is 7.39. The number of hydrogen-bond donors (Lipinski definition) is 1. The Labute approximate surface area is 213 Å². The zero-order valence-corrected chi connectivity index (χ0v) is 20.9. The molecule has 1 spiro atoms. The van der Waals surface area contributed by atoms with Crippen LogP contribution < -0.4 is 4.90 Å². The molecule has 2 aromatic rings. The Bertz CT molecular complexity index is 1200. The van der Waals surface area contributed by atoms with Gasteiger partial charge >= 0.3 is 12.3 Å². The fourth-order valence-corrected chi connectivity index (χ4v) is 5.74. The molecule has 2 amide bonds. The number of fused-ring (bicyclic) bond motifs is 3. The van der Waals surface area contributed by atoms with Crippen LogP contribution >= 0.6 is 0 Å². The number of carbonyl (C=O) groups excluding carboxylic acids is 2. The molecule has 3 heterocycles. The Morgan fingerprint density at radius 3 is 2.70 bits per heavy atom. The first kappa shape index (κ1) is 25.6. The molecule has 0 unspecified atom stereocenters. The minimum atomic E-state index is -4.28. The van der Waals surface area contributed by atoms with Crippen molar-refractivity contribution in [3.63, 3.8) is 0 Å². The van der Waals surface area contributed by atoms with Gasteiger partial charge in [-0.25, -0.2) is 9.78 Å². The molecule has 1 fully saturated rings. The van der Waals surface area contributed by atoms with E-state index in [-0.39, 0.29) is 44.6 Å². The largest absolute Gasteiger partial charge is 0.447 e. The zero-order chi connectivity index (χ0) is 26.5. The van der Waals surface area contributed by atoms with Crippen molar-refractivity contribution in [2.45, 2.75) is 82.8 Å². The lowest BCUT2D eigenvalue weighted by molar-refractivity contribution is -0.136. The maximum atomic E-state index is 13.8. The van der Waals surface area contributed by atoms with E-state index in [4.69, 9.17) is 9.72 Å². The van der Waals surface area contributed by atoms with Crippen molar-refractivity contribution in [1.29, 1.82) is 0 Å². The van der Waals surface area contributed by atoms with Gasteiger partial charge in [0.05, 0.1) is 30.1 Å². The number of aliphatic hydroxyl groups excluding tert-OH is 1. The molecule has 1 aromatic heterocycles. The summed E-state index contributed by atoms with van der Waals surface area (Å²) < 4.78 is 45.6. The number of para-hydroxylation sites is 1. The normalized spacial score (nSPS) is 20.3. The van der Waals surface area contributed by atoms with Crippen LogP contribution in [-0.4, -0.2) is 56.9 Å². The number of amides is 2. The third kappa shape index (κ3) is 4.58. The lowest BCUT2D eigenvalue weighted by Gasteiger charge is -2.46. The van der Waals surface area contributed by atoms with E-state index in [2.05, 4.69) is 0 Å². The standard InChI is InChI=1S/C26H31F3N4O4/c1-16(2)37-24(36)31-14-25(15-31)17-7-3-4-9-19(17)33(23(25)35)13-21-30-18-8-5-10-20(34)22(18)32(21)12-6-11-26(27,28)29/h3-4,7,9,16,20,34H,5-6,8,10-15H2,1-2H3/t20-/m0/s1. The predicted molar refractivity (Wildman–Crippen MR) is 128 cm³/mol. The van der Waals surface area contributed by atoms with Crippen LogP contribution in [-0.2, 0) is 34.5 Å². The van der Waals surface area contributed by atoms with Crippen LogP contribution in [0.15, 0.2) is 24.3 Å². The number of nitrogens with zero attached hydrogens (tertiary/aromatic N) is 4. The molecule has 8 nitrogen and oxygen atoms in total. The van der Waals surface area contributed by atoms with Crippen LogP contribution in [0.2, 0.25) is 0 Å². The molecule has 11 heteroatoms. The molecule has 3 aliphatic rings. The van der Waals surface area contributed by atoms with E-state index in [0.717, 1.165) is 12.0 Å². The summed E-state index contributed by atoms with van der Waals surface area (Å²) >= 11 is 0. The first-order valence-corrected chi connectivity index (χ1v) is 12.7. The molecule has 1 aromatic carbocycles. The van der Waals surface area contributed by atoms with Gasteiger partial charge in [-0.15, -0.1) is 0 Å². The third-order valence-corrected chi connectivity index (χ3v) is 7.39. The number of alkyl halides is 3. The predicted octanol–water partition coefficient (Wildman–Crippen LogP) is 4.24. The van der Waals surface area contributed by atoms with Gasteiger partial charge in [-0.1, -0.05) is 18.2 Å². The van der Waals surface area contributed by atoms with Crippen LogP contribution in [0.5, 0.6) is 0 Å².